The number of nitrogens with zero attached hydrogens (tertiary/aromatic N) is 1. The van der Waals surface area contributed by atoms with Gasteiger partial charge in [0.15, 0.2) is 0 Å². The second kappa shape index (κ2) is 9.99. The zero-order valence-corrected chi connectivity index (χ0v) is 19.4. The van der Waals surface area contributed by atoms with E-state index in [1.165, 1.54) is 11.1 Å². The third kappa shape index (κ3) is 5.87. The summed E-state index contributed by atoms with van der Waals surface area (Å²) in [5.41, 5.74) is 5.32. The van der Waals surface area contributed by atoms with Crippen molar-refractivity contribution in [1.29, 1.82) is 0 Å². The number of hydrogen-bond donors (Lipinski definition) is 2. The van der Waals surface area contributed by atoms with Crippen molar-refractivity contribution in [2.24, 2.45) is 0 Å². The average Bonchev–Trinajstić information content (AvgIpc) is 2.73. The monoisotopic (exact) mass is 421 g/mol. The summed E-state index contributed by atoms with van der Waals surface area (Å²) in [5.74, 6) is 0.177. The largest absolute Gasteiger partial charge is 0.346 e. The topological polar surface area (TPSA) is 61.4 Å². The number of rotatable bonds is 5. The Morgan fingerprint density at radius 1 is 1.03 bits per heavy atom. The van der Waals surface area contributed by atoms with Crippen LogP contribution >= 0.6 is 0 Å². The van der Waals surface area contributed by atoms with Gasteiger partial charge in [0.2, 0.25) is 0 Å². The number of nitrogens with one attached hydrogen (secondary N) is 2. The van der Waals surface area contributed by atoms with Crippen molar-refractivity contribution in [3.8, 4) is 0 Å². The van der Waals surface area contributed by atoms with E-state index in [1.807, 2.05) is 43.9 Å². The predicted octanol–water partition coefficient (Wildman–Crippen LogP) is 5.09. The van der Waals surface area contributed by atoms with Crippen LogP contribution in [-0.2, 0) is 0 Å². The number of carbonyl (C=O) groups excluding carboxylic acids is 2. The van der Waals surface area contributed by atoms with E-state index in [0.29, 0.717) is 12.1 Å². The van der Waals surface area contributed by atoms with Crippen molar-refractivity contribution in [3.05, 3.63) is 70.3 Å². The fraction of sp³-hybridized carbons (Fsp3) is 0.462. The van der Waals surface area contributed by atoms with Crippen LogP contribution in [0.25, 0.3) is 0 Å². The van der Waals surface area contributed by atoms with Crippen molar-refractivity contribution in [2.75, 3.05) is 13.1 Å². The van der Waals surface area contributed by atoms with E-state index in [2.05, 4.69) is 48.7 Å². The Balaban J connectivity index is 1.69. The molecule has 1 saturated heterocycles. The molecular weight excluding hydrogens is 386 g/mol. The average molecular weight is 422 g/mol. The molecular formula is C26H35N3O2. The molecule has 3 amide bonds. The Morgan fingerprint density at radius 3 is 2.52 bits per heavy atom. The number of aryl methyl sites for hydroxylation is 2. The van der Waals surface area contributed by atoms with Crippen LogP contribution < -0.4 is 10.6 Å². The van der Waals surface area contributed by atoms with E-state index >= 15 is 0 Å². The molecule has 5 nitrogen and oxygen atoms in total. The molecule has 1 fully saturated rings. The van der Waals surface area contributed by atoms with E-state index in [4.69, 9.17) is 0 Å². The van der Waals surface area contributed by atoms with Gasteiger partial charge < -0.3 is 15.5 Å². The van der Waals surface area contributed by atoms with Gasteiger partial charge in [-0.15, -0.1) is 0 Å². The molecule has 31 heavy (non-hydrogen) atoms. The molecule has 0 spiro atoms. The molecule has 1 aliphatic rings. The molecule has 1 heterocycles. The van der Waals surface area contributed by atoms with Gasteiger partial charge in [0.1, 0.15) is 0 Å². The summed E-state index contributed by atoms with van der Waals surface area (Å²) in [5, 5.41) is 6.12. The number of hydrogen-bond acceptors (Lipinski definition) is 2. The molecule has 0 aliphatic carbocycles. The van der Waals surface area contributed by atoms with Crippen LogP contribution in [0.2, 0.25) is 0 Å². The maximum absolute atomic E-state index is 12.9. The summed E-state index contributed by atoms with van der Waals surface area (Å²) in [7, 11) is 0. The molecule has 2 atom stereocenters. The van der Waals surface area contributed by atoms with Crippen molar-refractivity contribution in [2.45, 2.75) is 65.5 Å². The van der Waals surface area contributed by atoms with Crippen LogP contribution in [0.5, 0.6) is 0 Å². The van der Waals surface area contributed by atoms with Crippen molar-refractivity contribution < 1.29 is 9.59 Å². The lowest BCUT2D eigenvalue weighted by molar-refractivity contribution is 0.0939. The second-order valence-corrected chi connectivity index (χ2v) is 9.07. The number of amides is 3. The maximum Gasteiger partial charge on any atom is 0.317 e. The smallest absolute Gasteiger partial charge is 0.317 e. The zero-order valence-electron chi connectivity index (χ0n) is 19.4. The van der Waals surface area contributed by atoms with Crippen LogP contribution in [0.3, 0.4) is 0 Å². The van der Waals surface area contributed by atoms with Crippen molar-refractivity contribution in [1.82, 2.24) is 15.5 Å². The van der Waals surface area contributed by atoms with Gasteiger partial charge in [0.05, 0.1) is 6.04 Å². The number of piperidine rings is 1. The lowest BCUT2D eigenvalue weighted by atomic mass is 9.89. The predicted molar refractivity (Wildman–Crippen MR) is 125 cm³/mol. The Bertz CT molecular complexity index is 938. The second-order valence-electron chi connectivity index (χ2n) is 9.07. The number of carbonyl (C=O) groups is 2. The Labute approximate surface area is 186 Å². The normalized spacial score (nSPS) is 17.4. The summed E-state index contributed by atoms with van der Waals surface area (Å²) in [6.45, 7) is 11.6. The van der Waals surface area contributed by atoms with E-state index in [-0.39, 0.29) is 29.9 Å². The molecule has 0 saturated carbocycles. The lowest BCUT2D eigenvalue weighted by Crippen LogP contribution is -2.47. The highest BCUT2D eigenvalue weighted by atomic mass is 16.2. The molecule has 3 rings (SSSR count). The Hall–Kier alpha value is -2.82. The number of benzene rings is 2. The van der Waals surface area contributed by atoms with Crippen LogP contribution in [0.1, 0.15) is 78.2 Å². The fourth-order valence-corrected chi connectivity index (χ4v) is 4.37. The van der Waals surface area contributed by atoms with Crippen LogP contribution in [0.4, 0.5) is 4.79 Å². The minimum absolute atomic E-state index is 0.00381. The molecule has 5 heteroatoms. The van der Waals surface area contributed by atoms with Gasteiger partial charge in [0.25, 0.3) is 5.91 Å². The van der Waals surface area contributed by atoms with Gasteiger partial charge >= 0.3 is 6.03 Å². The van der Waals surface area contributed by atoms with E-state index < -0.39 is 0 Å². The highest BCUT2D eigenvalue weighted by Crippen LogP contribution is 2.28. The van der Waals surface area contributed by atoms with E-state index in [0.717, 1.165) is 30.5 Å². The summed E-state index contributed by atoms with van der Waals surface area (Å²) in [4.78, 5) is 27.3. The Morgan fingerprint density at radius 2 is 1.81 bits per heavy atom. The van der Waals surface area contributed by atoms with Crippen LogP contribution in [0.15, 0.2) is 42.5 Å². The summed E-state index contributed by atoms with van der Waals surface area (Å²) in [6, 6.07) is 14.2. The third-order valence-electron chi connectivity index (χ3n) is 5.98. The minimum atomic E-state index is -0.0699. The molecule has 2 N–H and O–H groups in total. The summed E-state index contributed by atoms with van der Waals surface area (Å²) in [6.07, 6.45) is 1.99. The first-order chi connectivity index (χ1) is 14.7. The number of urea groups is 1. The van der Waals surface area contributed by atoms with Gasteiger partial charge in [-0.3, -0.25) is 4.79 Å². The van der Waals surface area contributed by atoms with Crippen molar-refractivity contribution in [3.63, 3.8) is 0 Å². The van der Waals surface area contributed by atoms with Gasteiger partial charge in [-0.1, -0.05) is 35.9 Å². The first kappa shape index (κ1) is 22.9. The van der Waals surface area contributed by atoms with Crippen LogP contribution in [-0.4, -0.2) is 36.0 Å². The SMILES string of the molecule is Cc1ccc([C@H](C)NC(=O)c2cccc([C@@H]3CCCN(C(=O)NC(C)C)C3)c2)c(C)c1. The number of likely N-dealkylation sites (tertiary alicyclic amines) is 1. The maximum atomic E-state index is 12.9. The highest BCUT2D eigenvalue weighted by Gasteiger charge is 2.25. The van der Waals surface area contributed by atoms with Gasteiger partial charge in [-0.2, -0.15) is 0 Å². The quantitative estimate of drug-likeness (QED) is 0.706. The minimum Gasteiger partial charge on any atom is -0.346 e. The third-order valence-corrected chi connectivity index (χ3v) is 5.98. The van der Waals surface area contributed by atoms with E-state index in [1.54, 1.807) is 0 Å². The molecule has 1 aliphatic heterocycles. The molecule has 0 aromatic heterocycles. The highest BCUT2D eigenvalue weighted by molar-refractivity contribution is 5.94. The zero-order chi connectivity index (χ0) is 22.5. The van der Waals surface area contributed by atoms with Crippen molar-refractivity contribution >= 4 is 11.9 Å². The molecule has 2 aromatic carbocycles. The first-order valence-electron chi connectivity index (χ1n) is 11.3. The van der Waals surface area contributed by atoms with Crippen LogP contribution in [0, 0.1) is 13.8 Å². The molecule has 2 aromatic rings. The first-order valence-corrected chi connectivity index (χ1v) is 11.3. The van der Waals surface area contributed by atoms with Gasteiger partial charge in [-0.05, 0) is 76.3 Å². The molecule has 166 valence electrons. The molecule has 0 bridgehead atoms. The summed E-state index contributed by atoms with van der Waals surface area (Å²) < 4.78 is 0. The standard InChI is InChI=1S/C26H35N3O2/c1-17(2)27-26(31)29-13-7-10-23(16-29)21-8-6-9-22(15-21)25(30)28-20(5)24-12-11-18(3)14-19(24)4/h6,8-9,11-12,14-15,17,20,23H,7,10,13,16H2,1-5H3,(H,27,31)(H,28,30)/t20-,23+/m0/s1. The van der Waals surface area contributed by atoms with E-state index in [9.17, 15) is 9.59 Å². The molecule has 0 radical (unpaired) electrons. The fourth-order valence-electron chi connectivity index (χ4n) is 4.37. The molecule has 0 unspecified atom stereocenters. The Kier molecular flexibility index (Phi) is 7.37. The van der Waals surface area contributed by atoms with Gasteiger partial charge in [0, 0.05) is 30.6 Å². The summed E-state index contributed by atoms with van der Waals surface area (Å²) >= 11 is 0. The lowest BCUT2D eigenvalue weighted by Gasteiger charge is -2.33. The van der Waals surface area contributed by atoms with Gasteiger partial charge in [-0.25, -0.2) is 4.79 Å².